The summed E-state index contributed by atoms with van der Waals surface area (Å²) in [5.41, 5.74) is 0.598. The number of carbonyl (C=O) groups is 1. The van der Waals surface area contributed by atoms with Gasteiger partial charge in [0.2, 0.25) is 0 Å². The van der Waals surface area contributed by atoms with Crippen molar-refractivity contribution in [1.29, 1.82) is 0 Å². The van der Waals surface area contributed by atoms with E-state index in [1.807, 2.05) is 0 Å². The molecule has 0 aromatic heterocycles. The number of Topliss-reactive ketones (excluding diaryl/α,β-unsaturated/α-hetero) is 1. The monoisotopic (exact) mass is 180 g/mol. The van der Waals surface area contributed by atoms with Crippen molar-refractivity contribution in [2.24, 2.45) is 16.2 Å². The highest BCUT2D eigenvalue weighted by molar-refractivity contribution is 5.89. The van der Waals surface area contributed by atoms with Crippen molar-refractivity contribution in [2.75, 3.05) is 0 Å². The lowest BCUT2D eigenvalue weighted by molar-refractivity contribution is -0.134. The van der Waals surface area contributed by atoms with Crippen LogP contribution in [0.2, 0.25) is 0 Å². The van der Waals surface area contributed by atoms with Gasteiger partial charge in [-0.3, -0.25) is 4.79 Å². The minimum Gasteiger partial charge on any atom is -0.299 e. The first-order valence-corrected chi connectivity index (χ1v) is 5.43. The van der Waals surface area contributed by atoms with E-state index >= 15 is 0 Å². The number of rotatable bonds is 1. The van der Waals surface area contributed by atoms with E-state index in [4.69, 9.17) is 0 Å². The molecular weight excluding hydrogens is 160 g/mol. The Morgan fingerprint density at radius 1 is 1.23 bits per heavy atom. The maximum Gasteiger partial charge on any atom is 0.139 e. The molecule has 0 aromatic carbocycles. The van der Waals surface area contributed by atoms with Crippen molar-refractivity contribution in [3.63, 3.8) is 0 Å². The summed E-state index contributed by atoms with van der Waals surface area (Å²) < 4.78 is 0. The van der Waals surface area contributed by atoms with E-state index in [9.17, 15) is 4.79 Å². The van der Waals surface area contributed by atoms with Gasteiger partial charge in [-0.05, 0) is 30.1 Å². The third kappa shape index (κ3) is 0.730. The second kappa shape index (κ2) is 2.18. The number of carbonyl (C=O) groups excluding carboxylic acids is 1. The van der Waals surface area contributed by atoms with Gasteiger partial charge in [-0.25, -0.2) is 0 Å². The maximum atomic E-state index is 12.0. The number of hydrogen-bond acceptors (Lipinski definition) is 1. The molecule has 0 heterocycles. The Morgan fingerprint density at radius 3 is 2.08 bits per heavy atom. The van der Waals surface area contributed by atoms with Crippen LogP contribution < -0.4 is 0 Å². The van der Waals surface area contributed by atoms with Crippen molar-refractivity contribution in [3.8, 4) is 0 Å². The Kier molecular flexibility index (Phi) is 1.55. The summed E-state index contributed by atoms with van der Waals surface area (Å²) in [7, 11) is 0. The molecule has 1 nitrogen and oxygen atoms in total. The van der Waals surface area contributed by atoms with E-state index < -0.39 is 0 Å². The topological polar surface area (TPSA) is 17.1 Å². The van der Waals surface area contributed by atoms with Crippen LogP contribution >= 0.6 is 0 Å². The normalized spacial score (nSPS) is 54.6. The van der Waals surface area contributed by atoms with Crippen molar-refractivity contribution >= 4 is 5.78 Å². The lowest BCUT2D eigenvalue weighted by atomic mass is 9.46. The summed E-state index contributed by atoms with van der Waals surface area (Å²) in [6.07, 6.45) is 4.34. The smallest absolute Gasteiger partial charge is 0.139 e. The minimum atomic E-state index is -0.0278. The molecule has 3 atom stereocenters. The van der Waals surface area contributed by atoms with Gasteiger partial charge in [-0.15, -0.1) is 0 Å². The standard InChI is InChI=1S/C12H20O/c1-5-11(3)9(13)8-10(2)6-7-12(10,11)4/h5-8H2,1-4H3/t10-,11?,12-/m0/s1. The molecule has 0 N–H and O–H groups in total. The Labute approximate surface area is 80.9 Å². The molecule has 74 valence electrons. The number of hydrogen-bond donors (Lipinski definition) is 0. The van der Waals surface area contributed by atoms with Crippen LogP contribution in [-0.4, -0.2) is 5.78 Å². The summed E-state index contributed by atoms with van der Waals surface area (Å²) in [6, 6.07) is 0. The van der Waals surface area contributed by atoms with Crippen LogP contribution in [0.15, 0.2) is 0 Å². The fraction of sp³-hybridized carbons (Fsp3) is 0.917. The zero-order chi connectivity index (χ0) is 9.91. The zero-order valence-corrected chi connectivity index (χ0v) is 9.24. The second-order valence-electron chi connectivity index (χ2n) is 5.68. The highest BCUT2D eigenvalue weighted by Crippen LogP contribution is 2.72. The highest BCUT2D eigenvalue weighted by atomic mass is 16.1. The van der Waals surface area contributed by atoms with Crippen LogP contribution in [0.1, 0.15) is 53.4 Å². The van der Waals surface area contributed by atoms with E-state index in [1.54, 1.807) is 0 Å². The fourth-order valence-electron chi connectivity index (χ4n) is 3.60. The average Bonchev–Trinajstić information content (AvgIpc) is 2.20. The molecule has 0 spiro atoms. The Bertz CT molecular complexity index is 270. The summed E-state index contributed by atoms with van der Waals surface area (Å²) in [5.74, 6) is 0.512. The molecule has 0 aromatic rings. The molecule has 1 unspecified atom stereocenters. The molecule has 1 heteroatoms. The first-order valence-electron chi connectivity index (χ1n) is 5.43. The lowest BCUT2D eigenvalue weighted by Crippen LogP contribution is -2.51. The van der Waals surface area contributed by atoms with Gasteiger partial charge in [0.15, 0.2) is 0 Å². The molecule has 0 bridgehead atoms. The van der Waals surface area contributed by atoms with E-state index in [0.717, 1.165) is 12.8 Å². The van der Waals surface area contributed by atoms with Crippen molar-refractivity contribution < 1.29 is 4.79 Å². The molecule has 2 aliphatic rings. The molecule has 2 fully saturated rings. The molecule has 0 amide bonds. The fourth-order valence-corrected chi connectivity index (χ4v) is 3.60. The van der Waals surface area contributed by atoms with Crippen LogP contribution in [0.3, 0.4) is 0 Å². The van der Waals surface area contributed by atoms with E-state index in [-0.39, 0.29) is 5.41 Å². The quantitative estimate of drug-likeness (QED) is 0.605. The SMILES string of the molecule is CCC1(C)C(=O)C[C@]2(C)CC[C@]12C. The van der Waals surface area contributed by atoms with Gasteiger partial charge in [0.05, 0.1) is 0 Å². The highest BCUT2D eigenvalue weighted by Gasteiger charge is 2.69. The van der Waals surface area contributed by atoms with E-state index in [0.29, 0.717) is 16.6 Å². The summed E-state index contributed by atoms with van der Waals surface area (Å²) in [4.78, 5) is 12.0. The van der Waals surface area contributed by atoms with Gasteiger partial charge < -0.3 is 0 Å². The minimum absolute atomic E-state index is 0.0278. The van der Waals surface area contributed by atoms with Crippen LogP contribution in [0.5, 0.6) is 0 Å². The van der Waals surface area contributed by atoms with Crippen molar-refractivity contribution in [3.05, 3.63) is 0 Å². The number of fused-ring (bicyclic) bond motifs is 1. The van der Waals surface area contributed by atoms with Gasteiger partial charge in [0, 0.05) is 11.8 Å². The van der Waals surface area contributed by atoms with Gasteiger partial charge in [-0.1, -0.05) is 27.7 Å². The van der Waals surface area contributed by atoms with Crippen LogP contribution in [-0.2, 0) is 4.79 Å². The van der Waals surface area contributed by atoms with Crippen LogP contribution in [0, 0.1) is 16.2 Å². The lowest BCUT2D eigenvalue weighted by Gasteiger charge is -2.57. The van der Waals surface area contributed by atoms with E-state index in [1.165, 1.54) is 12.8 Å². The molecule has 2 aliphatic carbocycles. The molecule has 0 saturated heterocycles. The molecule has 2 saturated carbocycles. The van der Waals surface area contributed by atoms with E-state index in [2.05, 4.69) is 27.7 Å². The van der Waals surface area contributed by atoms with Crippen molar-refractivity contribution in [1.82, 2.24) is 0 Å². The third-order valence-corrected chi connectivity index (χ3v) is 5.60. The van der Waals surface area contributed by atoms with Gasteiger partial charge in [0.25, 0.3) is 0 Å². The zero-order valence-electron chi connectivity index (χ0n) is 9.24. The average molecular weight is 180 g/mol. The summed E-state index contributed by atoms with van der Waals surface area (Å²) in [6.45, 7) is 8.97. The number of ketones is 1. The predicted molar refractivity (Wildman–Crippen MR) is 53.5 cm³/mol. The van der Waals surface area contributed by atoms with Gasteiger partial charge in [0.1, 0.15) is 5.78 Å². The Hall–Kier alpha value is -0.330. The predicted octanol–water partition coefficient (Wildman–Crippen LogP) is 3.18. The van der Waals surface area contributed by atoms with Gasteiger partial charge in [-0.2, -0.15) is 0 Å². The summed E-state index contributed by atoms with van der Waals surface area (Å²) in [5, 5.41) is 0. The Balaban J connectivity index is 2.46. The molecule has 0 radical (unpaired) electrons. The second-order valence-corrected chi connectivity index (χ2v) is 5.68. The Morgan fingerprint density at radius 2 is 1.85 bits per heavy atom. The molecule has 13 heavy (non-hydrogen) atoms. The maximum absolute atomic E-state index is 12.0. The first-order chi connectivity index (χ1) is 5.90. The van der Waals surface area contributed by atoms with Crippen molar-refractivity contribution in [2.45, 2.75) is 53.4 Å². The first kappa shape index (κ1) is 9.23. The molecular formula is C12H20O. The molecule has 2 rings (SSSR count). The van der Waals surface area contributed by atoms with Crippen LogP contribution in [0.4, 0.5) is 0 Å². The third-order valence-electron chi connectivity index (χ3n) is 5.60. The van der Waals surface area contributed by atoms with Gasteiger partial charge >= 0.3 is 0 Å². The van der Waals surface area contributed by atoms with Crippen LogP contribution in [0.25, 0.3) is 0 Å². The largest absolute Gasteiger partial charge is 0.299 e. The summed E-state index contributed by atoms with van der Waals surface area (Å²) >= 11 is 0. The molecule has 0 aliphatic heterocycles.